The van der Waals surface area contributed by atoms with Crippen LogP contribution in [0.2, 0.25) is 0 Å². The molecule has 2 aromatic rings. The molecule has 124 valence electrons. The number of hydrogen-bond acceptors (Lipinski definition) is 5. The van der Waals surface area contributed by atoms with E-state index in [-0.39, 0.29) is 17.2 Å². The van der Waals surface area contributed by atoms with Crippen molar-refractivity contribution in [3.63, 3.8) is 0 Å². The molecule has 0 aliphatic heterocycles. The van der Waals surface area contributed by atoms with E-state index in [1.54, 1.807) is 43.5 Å². The van der Waals surface area contributed by atoms with Crippen LogP contribution in [0.5, 0.6) is 17.2 Å². The Bertz CT molecular complexity index is 757. The van der Waals surface area contributed by atoms with Crippen molar-refractivity contribution in [3.05, 3.63) is 48.0 Å². The first-order chi connectivity index (χ1) is 11.0. The van der Waals surface area contributed by atoms with E-state index in [4.69, 9.17) is 14.2 Å². The van der Waals surface area contributed by atoms with Gasteiger partial charge in [-0.15, -0.1) is 0 Å². The largest absolute Gasteiger partial charge is 0.497 e. The van der Waals surface area contributed by atoms with Crippen molar-refractivity contribution >= 4 is 10.0 Å². The van der Waals surface area contributed by atoms with Crippen LogP contribution in [0.3, 0.4) is 0 Å². The van der Waals surface area contributed by atoms with E-state index in [1.165, 1.54) is 20.3 Å². The molecule has 0 bridgehead atoms. The van der Waals surface area contributed by atoms with Gasteiger partial charge in [0, 0.05) is 12.6 Å². The Morgan fingerprint density at radius 1 is 0.870 bits per heavy atom. The highest BCUT2D eigenvalue weighted by Gasteiger charge is 2.20. The second-order valence-electron chi connectivity index (χ2n) is 4.69. The zero-order valence-corrected chi connectivity index (χ0v) is 14.0. The molecule has 7 heteroatoms. The van der Waals surface area contributed by atoms with Gasteiger partial charge in [-0.25, -0.2) is 13.1 Å². The number of benzene rings is 2. The molecule has 0 saturated carbocycles. The predicted octanol–water partition coefficient (Wildman–Crippen LogP) is 2.19. The molecular formula is C16H19NO5S. The minimum absolute atomic E-state index is 0.0351. The quantitative estimate of drug-likeness (QED) is 0.838. The van der Waals surface area contributed by atoms with Gasteiger partial charge in [-0.2, -0.15) is 0 Å². The maximum atomic E-state index is 12.5. The van der Waals surface area contributed by atoms with E-state index in [9.17, 15) is 8.42 Å². The maximum absolute atomic E-state index is 12.5. The highest BCUT2D eigenvalue weighted by atomic mass is 32.2. The summed E-state index contributed by atoms with van der Waals surface area (Å²) in [5, 5.41) is 0. The summed E-state index contributed by atoms with van der Waals surface area (Å²) >= 11 is 0. The molecule has 1 N–H and O–H groups in total. The van der Waals surface area contributed by atoms with Gasteiger partial charge < -0.3 is 14.2 Å². The van der Waals surface area contributed by atoms with Crippen LogP contribution in [0, 0.1) is 0 Å². The number of rotatable bonds is 7. The van der Waals surface area contributed by atoms with Gasteiger partial charge in [0.15, 0.2) is 0 Å². The second-order valence-corrected chi connectivity index (χ2v) is 6.42. The van der Waals surface area contributed by atoms with E-state index in [2.05, 4.69) is 4.72 Å². The first-order valence-corrected chi connectivity index (χ1v) is 8.33. The number of ether oxygens (including phenoxy) is 3. The van der Waals surface area contributed by atoms with Gasteiger partial charge in [-0.3, -0.25) is 0 Å². The lowest BCUT2D eigenvalue weighted by molar-refractivity contribution is 0.392. The number of hydrogen-bond donors (Lipinski definition) is 1. The zero-order valence-electron chi connectivity index (χ0n) is 13.2. The van der Waals surface area contributed by atoms with Crippen molar-refractivity contribution in [1.82, 2.24) is 4.72 Å². The lowest BCUT2D eigenvalue weighted by Crippen LogP contribution is -2.23. The molecule has 2 aromatic carbocycles. The highest BCUT2D eigenvalue weighted by molar-refractivity contribution is 7.89. The average Bonchev–Trinajstić information content (AvgIpc) is 2.59. The third-order valence-corrected chi connectivity index (χ3v) is 4.71. The molecular weight excluding hydrogens is 318 g/mol. The SMILES string of the molecule is COc1ccc(CNS(=O)(=O)c2cc(OC)ccc2OC)cc1. The van der Waals surface area contributed by atoms with Crippen LogP contribution in [-0.4, -0.2) is 29.7 Å². The van der Waals surface area contributed by atoms with Crippen LogP contribution in [-0.2, 0) is 16.6 Å². The standard InChI is InChI=1S/C16H19NO5S/c1-20-13-6-4-12(5-7-13)11-17-23(18,19)16-10-14(21-2)8-9-15(16)22-3/h4-10,17H,11H2,1-3H3. The number of sulfonamides is 1. The molecule has 0 amide bonds. The van der Waals surface area contributed by atoms with Crippen molar-refractivity contribution in [2.24, 2.45) is 0 Å². The Labute approximate surface area is 136 Å². The van der Waals surface area contributed by atoms with Crippen molar-refractivity contribution in [1.29, 1.82) is 0 Å². The summed E-state index contributed by atoms with van der Waals surface area (Å²) in [6, 6.07) is 11.8. The van der Waals surface area contributed by atoms with Gasteiger partial charge in [0.2, 0.25) is 10.0 Å². The fourth-order valence-electron chi connectivity index (χ4n) is 1.99. The monoisotopic (exact) mass is 337 g/mol. The van der Waals surface area contributed by atoms with Crippen LogP contribution in [0.4, 0.5) is 0 Å². The van der Waals surface area contributed by atoms with Gasteiger partial charge in [0.1, 0.15) is 22.1 Å². The molecule has 0 aliphatic carbocycles. The molecule has 0 saturated heterocycles. The van der Waals surface area contributed by atoms with Gasteiger partial charge in [0.25, 0.3) is 0 Å². The molecule has 0 unspecified atom stereocenters. The van der Waals surface area contributed by atoms with E-state index in [0.29, 0.717) is 11.5 Å². The Hall–Kier alpha value is -2.25. The molecule has 0 atom stereocenters. The third-order valence-electron chi connectivity index (χ3n) is 3.29. The summed E-state index contributed by atoms with van der Waals surface area (Å²) in [6.07, 6.45) is 0. The van der Waals surface area contributed by atoms with Crippen LogP contribution in [0.1, 0.15) is 5.56 Å². The van der Waals surface area contributed by atoms with Crippen LogP contribution < -0.4 is 18.9 Å². The summed E-state index contributed by atoms with van der Waals surface area (Å²) in [5.74, 6) is 1.41. The van der Waals surface area contributed by atoms with Crippen molar-refractivity contribution in [2.45, 2.75) is 11.4 Å². The topological polar surface area (TPSA) is 73.9 Å². The molecule has 0 fully saturated rings. The van der Waals surface area contributed by atoms with E-state index in [1.807, 2.05) is 0 Å². The van der Waals surface area contributed by atoms with E-state index >= 15 is 0 Å². The third kappa shape index (κ3) is 4.14. The van der Waals surface area contributed by atoms with Crippen molar-refractivity contribution in [2.75, 3.05) is 21.3 Å². The van der Waals surface area contributed by atoms with E-state index in [0.717, 1.165) is 5.56 Å². The Kier molecular flexibility index (Phi) is 5.46. The normalized spacial score (nSPS) is 11.1. The first kappa shape index (κ1) is 17.1. The highest BCUT2D eigenvalue weighted by Crippen LogP contribution is 2.28. The fourth-order valence-corrected chi connectivity index (χ4v) is 3.19. The zero-order chi connectivity index (χ0) is 16.9. The Morgan fingerprint density at radius 3 is 2.04 bits per heavy atom. The molecule has 0 aromatic heterocycles. The summed E-state index contributed by atoms with van der Waals surface area (Å²) < 4.78 is 42.8. The van der Waals surface area contributed by atoms with Gasteiger partial charge >= 0.3 is 0 Å². The summed E-state index contributed by atoms with van der Waals surface area (Å²) in [6.45, 7) is 0.159. The molecule has 0 spiro atoms. The van der Waals surface area contributed by atoms with Gasteiger partial charge in [-0.05, 0) is 29.8 Å². The minimum Gasteiger partial charge on any atom is -0.497 e. The fraction of sp³-hybridized carbons (Fsp3) is 0.250. The lowest BCUT2D eigenvalue weighted by atomic mass is 10.2. The van der Waals surface area contributed by atoms with Crippen molar-refractivity contribution in [3.8, 4) is 17.2 Å². The maximum Gasteiger partial charge on any atom is 0.244 e. The molecule has 6 nitrogen and oxygen atoms in total. The molecule has 0 heterocycles. The number of methoxy groups -OCH3 is 3. The van der Waals surface area contributed by atoms with E-state index < -0.39 is 10.0 Å². The minimum atomic E-state index is -3.74. The van der Waals surface area contributed by atoms with Gasteiger partial charge in [0.05, 0.1) is 21.3 Å². The summed E-state index contributed by atoms with van der Waals surface area (Å²) in [5.41, 5.74) is 0.816. The Balaban J connectivity index is 2.20. The lowest BCUT2D eigenvalue weighted by Gasteiger charge is -2.12. The van der Waals surface area contributed by atoms with Crippen molar-refractivity contribution < 1.29 is 22.6 Å². The predicted molar refractivity (Wildman–Crippen MR) is 86.6 cm³/mol. The van der Waals surface area contributed by atoms with Crippen LogP contribution in [0.25, 0.3) is 0 Å². The summed E-state index contributed by atoms with van der Waals surface area (Å²) in [4.78, 5) is 0.0351. The smallest absolute Gasteiger partial charge is 0.244 e. The summed E-state index contributed by atoms with van der Waals surface area (Å²) in [7, 11) is 0.737. The molecule has 0 radical (unpaired) electrons. The van der Waals surface area contributed by atoms with Crippen LogP contribution >= 0.6 is 0 Å². The molecule has 23 heavy (non-hydrogen) atoms. The molecule has 2 rings (SSSR count). The Morgan fingerprint density at radius 2 is 1.48 bits per heavy atom. The first-order valence-electron chi connectivity index (χ1n) is 6.85. The van der Waals surface area contributed by atoms with Gasteiger partial charge in [-0.1, -0.05) is 12.1 Å². The second kappa shape index (κ2) is 7.34. The average molecular weight is 337 g/mol. The number of nitrogens with one attached hydrogen (secondary N) is 1. The molecule has 0 aliphatic rings. The van der Waals surface area contributed by atoms with Crippen LogP contribution in [0.15, 0.2) is 47.4 Å².